The minimum Gasteiger partial charge on any atom is -0.480 e. The van der Waals surface area contributed by atoms with Gasteiger partial charge in [0.15, 0.2) is 23.7 Å². The van der Waals surface area contributed by atoms with Crippen LogP contribution < -0.4 is 10.1 Å². The van der Waals surface area contributed by atoms with Crippen LogP contribution in [0, 0.1) is 5.82 Å². The van der Waals surface area contributed by atoms with Crippen molar-refractivity contribution >= 4 is 11.9 Å². The summed E-state index contributed by atoms with van der Waals surface area (Å²) >= 11 is 0. The highest BCUT2D eigenvalue weighted by molar-refractivity contribution is 5.86. The van der Waals surface area contributed by atoms with Gasteiger partial charge >= 0.3 is 5.97 Å². The van der Waals surface area contributed by atoms with Gasteiger partial charge in [0.2, 0.25) is 0 Å². The van der Waals surface area contributed by atoms with Gasteiger partial charge in [-0.3, -0.25) is 4.79 Å². The molecule has 0 spiro atoms. The number of alkyl halides is 1. The quantitative estimate of drug-likeness (QED) is 0.797. The summed E-state index contributed by atoms with van der Waals surface area (Å²) in [5, 5.41) is 10.7. The number of para-hydroxylation sites is 1. The van der Waals surface area contributed by atoms with Crippen LogP contribution in [0.1, 0.15) is 13.3 Å². The van der Waals surface area contributed by atoms with Gasteiger partial charge in [-0.25, -0.2) is 13.6 Å². The molecule has 2 unspecified atom stereocenters. The van der Waals surface area contributed by atoms with E-state index in [1.807, 2.05) is 5.32 Å². The number of carboxylic acid groups (broad SMARTS) is 1. The van der Waals surface area contributed by atoms with Crippen molar-refractivity contribution in [1.82, 2.24) is 5.32 Å². The fourth-order valence-electron chi connectivity index (χ4n) is 1.45. The van der Waals surface area contributed by atoms with E-state index < -0.39 is 36.5 Å². The first kappa shape index (κ1) is 15.9. The van der Waals surface area contributed by atoms with Gasteiger partial charge in [0, 0.05) is 0 Å². The van der Waals surface area contributed by atoms with E-state index in [4.69, 9.17) is 9.84 Å². The van der Waals surface area contributed by atoms with E-state index in [9.17, 15) is 18.4 Å². The lowest BCUT2D eigenvalue weighted by atomic mass is 10.2. The number of amides is 1. The Kier molecular flexibility index (Phi) is 5.89. The third-order valence-electron chi connectivity index (χ3n) is 2.54. The second-order valence-corrected chi connectivity index (χ2v) is 4.00. The summed E-state index contributed by atoms with van der Waals surface area (Å²) in [7, 11) is 0. The van der Waals surface area contributed by atoms with Crippen LogP contribution in [0.15, 0.2) is 24.3 Å². The Morgan fingerprint density at radius 2 is 2.05 bits per heavy atom. The molecule has 2 atom stereocenters. The number of hydrogen-bond acceptors (Lipinski definition) is 3. The number of aliphatic carboxylic acids is 1. The fourth-order valence-corrected chi connectivity index (χ4v) is 1.45. The molecule has 0 aliphatic rings. The van der Waals surface area contributed by atoms with Crippen LogP contribution in [0.25, 0.3) is 0 Å². The van der Waals surface area contributed by atoms with Crippen LogP contribution >= 0.6 is 0 Å². The van der Waals surface area contributed by atoms with Crippen molar-refractivity contribution in [2.45, 2.75) is 25.5 Å². The average molecular weight is 287 g/mol. The summed E-state index contributed by atoms with van der Waals surface area (Å²) in [6, 6.07) is 3.87. The van der Waals surface area contributed by atoms with Crippen molar-refractivity contribution in [2.75, 3.05) is 6.67 Å². The van der Waals surface area contributed by atoms with Gasteiger partial charge in [-0.05, 0) is 18.6 Å². The molecule has 0 radical (unpaired) electrons. The molecule has 1 rings (SSSR count). The number of rotatable bonds is 7. The summed E-state index contributed by atoms with van der Waals surface area (Å²) in [6.07, 6.45) is -0.918. The molecular weight excluding hydrogens is 272 g/mol. The number of hydrogen-bond donors (Lipinski definition) is 2. The maximum absolute atomic E-state index is 13.4. The topological polar surface area (TPSA) is 75.6 Å². The van der Waals surface area contributed by atoms with Crippen LogP contribution in [0.5, 0.6) is 5.75 Å². The van der Waals surface area contributed by atoms with E-state index in [1.165, 1.54) is 24.3 Å². The number of ether oxygens (including phenoxy) is 1. The Labute approximate surface area is 114 Å². The van der Waals surface area contributed by atoms with Crippen LogP contribution in [-0.4, -0.2) is 35.8 Å². The largest absolute Gasteiger partial charge is 0.480 e. The van der Waals surface area contributed by atoms with Gasteiger partial charge in [0.05, 0.1) is 0 Å². The summed E-state index contributed by atoms with van der Waals surface area (Å²) in [5.41, 5.74) is 0. The molecule has 0 saturated heterocycles. The summed E-state index contributed by atoms with van der Waals surface area (Å²) < 4.78 is 31.0. The molecule has 0 saturated carbocycles. The van der Waals surface area contributed by atoms with Gasteiger partial charge in [0.1, 0.15) is 6.67 Å². The molecule has 1 amide bonds. The molecule has 1 aromatic carbocycles. The molecule has 0 aliphatic heterocycles. The fraction of sp³-hybridized carbons (Fsp3) is 0.385. The molecule has 20 heavy (non-hydrogen) atoms. The molecule has 110 valence electrons. The van der Waals surface area contributed by atoms with E-state index in [0.29, 0.717) is 0 Å². The lowest BCUT2D eigenvalue weighted by Crippen LogP contribution is -2.48. The van der Waals surface area contributed by atoms with Gasteiger partial charge in [-0.2, -0.15) is 0 Å². The van der Waals surface area contributed by atoms with Crippen molar-refractivity contribution in [3.63, 3.8) is 0 Å². The normalized spacial score (nSPS) is 13.3. The predicted octanol–water partition coefficient (Wildman–Crippen LogP) is 1.52. The molecule has 0 bridgehead atoms. The smallest absolute Gasteiger partial charge is 0.328 e. The third kappa shape index (κ3) is 4.18. The van der Waals surface area contributed by atoms with E-state index in [-0.39, 0.29) is 12.2 Å². The Balaban J connectivity index is 2.73. The highest BCUT2D eigenvalue weighted by atomic mass is 19.1. The molecule has 1 aromatic rings. The number of nitrogens with one attached hydrogen (secondary N) is 1. The summed E-state index contributed by atoms with van der Waals surface area (Å²) in [6.45, 7) is 0.369. The third-order valence-corrected chi connectivity index (χ3v) is 2.54. The lowest BCUT2D eigenvalue weighted by Gasteiger charge is -2.19. The first-order chi connectivity index (χ1) is 9.49. The second-order valence-electron chi connectivity index (χ2n) is 4.00. The molecule has 0 heterocycles. The number of benzene rings is 1. The zero-order chi connectivity index (χ0) is 15.1. The average Bonchev–Trinajstić information content (AvgIpc) is 2.43. The number of carbonyl (C=O) groups excluding carboxylic acids is 1. The van der Waals surface area contributed by atoms with Crippen molar-refractivity contribution < 1.29 is 28.2 Å². The van der Waals surface area contributed by atoms with Crippen LogP contribution in [-0.2, 0) is 9.59 Å². The van der Waals surface area contributed by atoms with E-state index in [1.54, 1.807) is 6.92 Å². The first-order valence-corrected chi connectivity index (χ1v) is 5.99. The SMILES string of the molecule is CCC(Oc1ccccc1F)C(=O)NC(CF)C(=O)O. The monoisotopic (exact) mass is 287 g/mol. The zero-order valence-electron chi connectivity index (χ0n) is 10.8. The van der Waals surface area contributed by atoms with Crippen molar-refractivity contribution in [1.29, 1.82) is 0 Å². The summed E-state index contributed by atoms with van der Waals surface area (Å²) in [5.74, 6) is -3.05. The predicted molar refractivity (Wildman–Crippen MR) is 66.6 cm³/mol. The highest BCUT2D eigenvalue weighted by Crippen LogP contribution is 2.18. The highest BCUT2D eigenvalue weighted by Gasteiger charge is 2.26. The minimum absolute atomic E-state index is 0.123. The van der Waals surface area contributed by atoms with Gasteiger partial charge in [0.25, 0.3) is 5.91 Å². The van der Waals surface area contributed by atoms with E-state index >= 15 is 0 Å². The van der Waals surface area contributed by atoms with Gasteiger partial charge < -0.3 is 15.2 Å². The molecule has 0 aromatic heterocycles. The van der Waals surface area contributed by atoms with Crippen molar-refractivity contribution in [3.8, 4) is 5.75 Å². The Morgan fingerprint density at radius 1 is 1.40 bits per heavy atom. The minimum atomic E-state index is -1.64. The standard InChI is InChI=1S/C13H15F2NO4/c1-2-10(12(17)16-9(7-14)13(18)19)20-11-6-4-3-5-8(11)15/h3-6,9-10H,2,7H2,1H3,(H,16,17)(H,18,19). The number of carboxylic acids is 1. The van der Waals surface area contributed by atoms with Crippen molar-refractivity contribution in [2.24, 2.45) is 0 Å². The van der Waals surface area contributed by atoms with Gasteiger partial charge in [-0.15, -0.1) is 0 Å². The second kappa shape index (κ2) is 7.42. The van der Waals surface area contributed by atoms with Crippen LogP contribution in [0.2, 0.25) is 0 Å². The van der Waals surface area contributed by atoms with E-state index in [0.717, 1.165) is 0 Å². The molecule has 0 aliphatic carbocycles. The Bertz CT molecular complexity index is 481. The molecule has 0 fully saturated rings. The van der Waals surface area contributed by atoms with Gasteiger partial charge in [-0.1, -0.05) is 19.1 Å². The molecule has 7 heteroatoms. The van der Waals surface area contributed by atoms with E-state index in [2.05, 4.69) is 0 Å². The molecule has 5 nitrogen and oxygen atoms in total. The lowest BCUT2D eigenvalue weighted by molar-refractivity contribution is -0.143. The maximum Gasteiger partial charge on any atom is 0.328 e. The maximum atomic E-state index is 13.4. The number of carbonyl (C=O) groups is 2. The molecule has 2 N–H and O–H groups in total. The Morgan fingerprint density at radius 3 is 2.55 bits per heavy atom. The Hall–Kier alpha value is -2.18. The first-order valence-electron chi connectivity index (χ1n) is 5.99. The number of halogens is 2. The molecular formula is C13H15F2NO4. The zero-order valence-corrected chi connectivity index (χ0v) is 10.8. The van der Waals surface area contributed by atoms with Crippen molar-refractivity contribution in [3.05, 3.63) is 30.1 Å². The summed E-state index contributed by atoms with van der Waals surface area (Å²) in [4.78, 5) is 22.4. The van der Waals surface area contributed by atoms with Crippen LogP contribution in [0.4, 0.5) is 8.78 Å². The van der Waals surface area contributed by atoms with Crippen LogP contribution in [0.3, 0.4) is 0 Å².